The second kappa shape index (κ2) is 8.81. The molecule has 6 nitrogen and oxygen atoms in total. The molecule has 6 heteroatoms. The standard InChI is InChI=1S/C24H26N2O4/c1-17-7-9-19(10-8-17)22(27)20-21(18-5-3-2-4-6-18)26(24(29)23(20)28)12-11-25-13-15-30-16-14-25/h2-10,21,27H,11-16H2,1H3/b22-20+/t21-/m1/s1. The molecule has 0 aliphatic carbocycles. The van der Waals surface area contributed by atoms with Crippen molar-refractivity contribution < 1.29 is 19.4 Å². The van der Waals surface area contributed by atoms with E-state index in [4.69, 9.17) is 4.74 Å². The number of aryl methyl sites for hydroxylation is 1. The number of likely N-dealkylation sites (tertiary alicyclic amines) is 1. The number of benzene rings is 2. The smallest absolute Gasteiger partial charge is 0.295 e. The van der Waals surface area contributed by atoms with Crippen molar-refractivity contribution in [2.75, 3.05) is 39.4 Å². The summed E-state index contributed by atoms with van der Waals surface area (Å²) in [6, 6.07) is 16.1. The fourth-order valence-electron chi connectivity index (χ4n) is 4.03. The Morgan fingerprint density at radius 3 is 2.33 bits per heavy atom. The maximum Gasteiger partial charge on any atom is 0.295 e. The van der Waals surface area contributed by atoms with E-state index in [2.05, 4.69) is 4.90 Å². The highest BCUT2D eigenvalue weighted by Gasteiger charge is 2.45. The zero-order valence-corrected chi connectivity index (χ0v) is 17.1. The molecule has 2 aromatic carbocycles. The second-order valence-corrected chi connectivity index (χ2v) is 7.72. The molecule has 0 aromatic heterocycles. The third kappa shape index (κ3) is 4.01. The van der Waals surface area contributed by atoms with Gasteiger partial charge in [-0.15, -0.1) is 0 Å². The van der Waals surface area contributed by atoms with E-state index < -0.39 is 17.7 Å². The van der Waals surface area contributed by atoms with Crippen LogP contribution >= 0.6 is 0 Å². The zero-order valence-electron chi connectivity index (χ0n) is 17.1. The van der Waals surface area contributed by atoms with Gasteiger partial charge in [0.05, 0.1) is 24.8 Å². The van der Waals surface area contributed by atoms with Crippen LogP contribution in [-0.4, -0.2) is 66.0 Å². The minimum Gasteiger partial charge on any atom is -0.507 e. The van der Waals surface area contributed by atoms with Crippen LogP contribution in [0.2, 0.25) is 0 Å². The SMILES string of the molecule is Cc1ccc(/C(O)=C2\C(=O)C(=O)N(CCN3CCOCC3)[C@@H]2c2ccccc2)cc1. The number of aliphatic hydroxyl groups is 1. The average Bonchev–Trinajstić information content (AvgIpc) is 3.04. The fourth-order valence-corrected chi connectivity index (χ4v) is 4.03. The molecule has 0 spiro atoms. The van der Waals surface area contributed by atoms with Crippen molar-refractivity contribution in [1.29, 1.82) is 0 Å². The number of carbonyl (C=O) groups is 2. The van der Waals surface area contributed by atoms with Gasteiger partial charge < -0.3 is 14.7 Å². The molecule has 156 valence electrons. The maximum absolute atomic E-state index is 13.0. The number of amides is 1. The van der Waals surface area contributed by atoms with Crippen molar-refractivity contribution >= 4 is 17.4 Å². The molecule has 1 atom stereocenters. The van der Waals surface area contributed by atoms with E-state index >= 15 is 0 Å². The van der Waals surface area contributed by atoms with Gasteiger partial charge in [0.15, 0.2) is 0 Å². The summed E-state index contributed by atoms with van der Waals surface area (Å²) in [4.78, 5) is 29.8. The quantitative estimate of drug-likeness (QED) is 0.470. The molecule has 2 aliphatic rings. The number of ether oxygens (including phenoxy) is 1. The number of morpholine rings is 1. The Hall–Kier alpha value is -2.96. The minimum absolute atomic E-state index is 0.129. The molecular weight excluding hydrogens is 380 g/mol. The van der Waals surface area contributed by atoms with E-state index in [0.29, 0.717) is 31.9 Å². The van der Waals surface area contributed by atoms with Gasteiger partial charge in [-0.1, -0.05) is 60.2 Å². The average molecular weight is 406 g/mol. The van der Waals surface area contributed by atoms with Gasteiger partial charge in [0, 0.05) is 31.7 Å². The number of hydrogen-bond donors (Lipinski definition) is 1. The number of aliphatic hydroxyl groups excluding tert-OH is 1. The first-order valence-electron chi connectivity index (χ1n) is 10.3. The van der Waals surface area contributed by atoms with E-state index in [9.17, 15) is 14.7 Å². The molecule has 0 radical (unpaired) electrons. The van der Waals surface area contributed by atoms with E-state index in [1.807, 2.05) is 49.4 Å². The summed E-state index contributed by atoms with van der Waals surface area (Å²) in [5.41, 5.74) is 2.55. The number of nitrogens with zero attached hydrogens (tertiary/aromatic N) is 2. The van der Waals surface area contributed by atoms with E-state index in [-0.39, 0.29) is 11.3 Å². The molecule has 1 N–H and O–H groups in total. The van der Waals surface area contributed by atoms with Crippen molar-refractivity contribution in [3.8, 4) is 0 Å². The van der Waals surface area contributed by atoms with Crippen molar-refractivity contribution in [1.82, 2.24) is 9.80 Å². The van der Waals surface area contributed by atoms with Crippen molar-refractivity contribution in [2.45, 2.75) is 13.0 Å². The minimum atomic E-state index is -0.635. The summed E-state index contributed by atoms with van der Waals surface area (Å²) in [5, 5.41) is 11.0. The second-order valence-electron chi connectivity index (χ2n) is 7.72. The van der Waals surface area contributed by atoms with Gasteiger partial charge >= 0.3 is 0 Å². The summed E-state index contributed by atoms with van der Waals surface area (Å²) in [7, 11) is 0. The van der Waals surface area contributed by atoms with Crippen molar-refractivity contribution in [2.24, 2.45) is 0 Å². The van der Waals surface area contributed by atoms with Crippen LogP contribution in [-0.2, 0) is 14.3 Å². The van der Waals surface area contributed by atoms with Gasteiger partial charge in [-0.2, -0.15) is 0 Å². The number of ketones is 1. The highest BCUT2D eigenvalue weighted by atomic mass is 16.5. The van der Waals surface area contributed by atoms with Crippen molar-refractivity contribution in [3.63, 3.8) is 0 Å². The zero-order chi connectivity index (χ0) is 21.1. The molecule has 2 aromatic rings. The van der Waals surface area contributed by atoms with Gasteiger partial charge in [-0.05, 0) is 12.5 Å². The summed E-state index contributed by atoms with van der Waals surface area (Å²) in [6.07, 6.45) is 0. The van der Waals surface area contributed by atoms with Crippen LogP contribution in [0.15, 0.2) is 60.2 Å². The highest BCUT2D eigenvalue weighted by Crippen LogP contribution is 2.39. The number of Topliss-reactive ketones (excluding diaryl/α,β-unsaturated/α-hetero) is 1. The van der Waals surface area contributed by atoms with Gasteiger partial charge in [0.2, 0.25) is 0 Å². The molecule has 2 aliphatic heterocycles. The first-order valence-corrected chi connectivity index (χ1v) is 10.3. The Morgan fingerprint density at radius 1 is 1.00 bits per heavy atom. The van der Waals surface area contributed by atoms with Crippen LogP contribution in [0.25, 0.3) is 5.76 Å². The maximum atomic E-state index is 13.0. The van der Waals surface area contributed by atoms with Gasteiger partial charge in [0.25, 0.3) is 11.7 Å². The molecule has 0 bridgehead atoms. The summed E-state index contributed by atoms with van der Waals surface area (Å²) in [6.45, 7) is 5.99. The Bertz CT molecular complexity index is 947. The molecular formula is C24H26N2O4. The Labute approximate surface area is 176 Å². The van der Waals surface area contributed by atoms with E-state index in [1.54, 1.807) is 17.0 Å². The molecule has 2 saturated heterocycles. The molecule has 0 saturated carbocycles. The third-order valence-electron chi connectivity index (χ3n) is 5.74. The molecule has 2 heterocycles. The number of hydrogen-bond acceptors (Lipinski definition) is 5. The van der Waals surface area contributed by atoms with Crippen LogP contribution in [0.3, 0.4) is 0 Å². The van der Waals surface area contributed by atoms with Crippen molar-refractivity contribution in [3.05, 3.63) is 76.9 Å². The molecule has 30 heavy (non-hydrogen) atoms. The predicted molar refractivity (Wildman–Crippen MR) is 114 cm³/mol. The van der Waals surface area contributed by atoms with E-state index in [0.717, 1.165) is 24.2 Å². The lowest BCUT2D eigenvalue weighted by atomic mass is 9.95. The summed E-state index contributed by atoms with van der Waals surface area (Å²) >= 11 is 0. The first kappa shape index (κ1) is 20.3. The van der Waals surface area contributed by atoms with Gasteiger partial charge in [-0.3, -0.25) is 14.5 Å². The van der Waals surface area contributed by atoms with Crippen LogP contribution in [0.4, 0.5) is 0 Å². The molecule has 0 unspecified atom stereocenters. The largest absolute Gasteiger partial charge is 0.507 e. The Balaban J connectivity index is 1.71. The monoisotopic (exact) mass is 406 g/mol. The lowest BCUT2D eigenvalue weighted by Crippen LogP contribution is -2.42. The third-order valence-corrected chi connectivity index (χ3v) is 5.74. The van der Waals surface area contributed by atoms with Crippen LogP contribution in [0.1, 0.15) is 22.7 Å². The van der Waals surface area contributed by atoms with Gasteiger partial charge in [-0.25, -0.2) is 0 Å². The first-order chi connectivity index (χ1) is 14.6. The van der Waals surface area contributed by atoms with Crippen LogP contribution in [0, 0.1) is 6.92 Å². The molecule has 2 fully saturated rings. The fraction of sp³-hybridized carbons (Fsp3) is 0.333. The highest BCUT2D eigenvalue weighted by molar-refractivity contribution is 6.46. The normalized spacial score (nSPS) is 21.9. The summed E-state index contributed by atoms with van der Waals surface area (Å²) in [5.74, 6) is -1.33. The van der Waals surface area contributed by atoms with Crippen LogP contribution in [0.5, 0.6) is 0 Å². The lowest BCUT2D eigenvalue weighted by molar-refractivity contribution is -0.140. The molecule has 4 rings (SSSR count). The van der Waals surface area contributed by atoms with Crippen LogP contribution < -0.4 is 0 Å². The summed E-state index contributed by atoms with van der Waals surface area (Å²) < 4.78 is 5.39. The molecule has 1 amide bonds. The predicted octanol–water partition coefficient (Wildman–Crippen LogP) is 2.75. The number of rotatable bonds is 5. The van der Waals surface area contributed by atoms with E-state index in [1.165, 1.54) is 0 Å². The Kier molecular flexibility index (Phi) is 5.97. The topological polar surface area (TPSA) is 70.1 Å². The Morgan fingerprint density at radius 2 is 1.67 bits per heavy atom. The lowest BCUT2D eigenvalue weighted by Gasteiger charge is -2.31. The van der Waals surface area contributed by atoms with Gasteiger partial charge in [0.1, 0.15) is 5.76 Å². The number of carbonyl (C=O) groups excluding carboxylic acids is 2.